The van der Waals surface area contributed by atoms with Crippen molar-refractivity contribution in [3.8, 4) is 28.4 Å². The molecule has 1 aliphatic rings. The first-order valence-electron chi connectivity index (χ1n) is 19.0. The monoisotopic (exact) mass is 733 g/mol. The molecule has 54 heavy (non-hydrogen) atoms. The van der Waals surface area contributed by atoms with Crippen LogP contribution in [0.3, 0.4) is 0 Å². The molecule has 0 aliphatic carbocycles. The standard InChI is InChI=1S/C44H51N3O7/c48-38-15-9-13-34(27-42(52)54-30-32-20-23-47(24-21-32)29-31-10-4-3-5-11-31)43(38)33-12-8-14-35(26-33)53-25-7-2-1-6-22-45-28-40(50)36-16-18-39(49)44-37(36)17-19-41(51)46-44/h3-5,8-19,26,32,40,45,48-50H,1-2,6-7,20-25,27-30H2,(H,46,51)/t40-/m0/s1. The summed E-state index contributed by atoms with van der Waals surface area (Å²) in [5.41, 5.74) is 4.08. The van der Waals surface area contributed by atoms with Gasteiger partial charge in [0.05, 0.1) is 31.3 Å². The Kier molecular flexibility index (Phi) is 13.7. The molecular weight excluding hydrogens is 682 g/mol. The average molecular weight is 734 g/mol. The molecule has 4 aromatic carbocycles. The number of unbranched alkanes of at least 4 members (excludes halogenated alkanes) is 3. The largest absolute Gasteiger partial charge is 0.507 e. The van der Waals surface area contributed by atoms with Crippen LogP contribution in [0.25, 0.3) is 22.0 Å². The van der Waals surface area contributed by atoms with Gasteiger partial charge < -0.3 is 35.1 Å². The minimum Gasteiger partial charge on any atom is -0.507 e. The van der Waals surface area contributed by atoms with E-state index >= 15 is 0 Å². The van der Waals surface area contributed by atoms with Gasteiger partial charge in [-0.3, -0.25) is 14.5 Å². The van der Waals surface area contributed by atoms with Crippen LogP contribution in [0.4, 0.5) is 0 Å². The zero-order valence-electron chi connectivity index (χ0n) is 30.7. The van der Waals surface area contributed by atoms with Crippen LogP contribution < -0.4 is 15.6 Å². The second kappa shape index (κ2) is 19.3. The van der Waals surface area contributed by atoms with Gasteiger partial charge in [0.15, 0.2) is 0 Å². The van der Waals surface area contributed by atoms with E-state index in [1.54, 1.807) is 24.3 Å². The predicted molar refractivity (Wildman–Crippen MR) is 211 cm³/mol. The molecule has 0 radical (unpaired) electrons. The van der Waals surface area contributed by atoms with Gasteiger partial charge in [-0.1, -0.05) is 73.5 Å². The highest BCUT2D eigenvalue weighted by Gasteiger charge is 2.22. The lowest BCUT2D eigenvalue weighted by atomic mass is 9.96. The second-order valence-electron chi connectivity index (χ2n) is 14.2. The molecule has 0 unspecified atom stereocenters. The van der Waals surface area contributed by atoms with E-state index in [1.165, 1.54) is 17.7 Å². The number of rotatable bonds is 18. The minimum atomic E-state index is -0.782. The number of phenolic OH excluding ortho intramolecular Hbond substituents is 2. The van der Waals surface area contributed by atoms with Crippen molar-refractivity contribution in [3.63, 3.8) is 0 Å². The SMILES string of the molecule is O=C(Cc1cccc(O)c1-c1cccc(OCCCCCCNC[C@H](O)c2ccc(O)c3[nH]c(=O)ccc23)c1)OCC1CCN(Cc2ccccc2)CC1. The van der Waals surface area contributed by atoms with Crippen molar-refractivity contribution in [2.24, 2.45) is 5.92 Å². The number of benzene rings is 4. The van der Waals surface area contributed by atoms with Crippen molar-refractivity contribution in [1.29, 1.82) is 0 Å². The van der Waals surface area contributed by atoms with Crippen LogP contribution in [-0.2, 0) is 22.5 Å². The summed E-state index contributed by atoms with van der Waals surface area (Å²) in [6, 6.07) is 29.5. The molecule has 10 heteroatoms. The Morgan fingerprint density at radius 2 is 1.67 bits per heavy atom. The van der Waals surface area contributed by atoms with Gasteiger partial charge >= 0.3 is 5.97 Å². The van der Waals surface area contributed by atoms with Crippen LogP contribution in [0.2, 0.25) is 0 Å². The van der Waals surface area contributed by atoms with Crippen LogP contribution in [0.5, 0.6) is 17.2 Å². The molecule has 6 rings (SSSR count). The summed E-state index contributed by atoms with van der Waals surface area (Å²) in [6.07, 6.45) is 5.10. The number of aromatic hydroxyl groups is 2. The molecule has 1 saturated heterocycles. The van der Waals surface area contributed by atoms with Crippen LogP contribution in [-0.4, -0.2) is 70.6 Å². The van der Waals surface area contributed by atoms with Gasteiger partial charge in [0.2, 0.25) is 5.56 Å². The van der Waals surface area contributed by atoms with Crippen molar-refractivity contribution in [2.75, 3.05) is 39.4 Å². The van der Waals surface area contributed by atoms with Gasteiger partial charge in [-0.05, 0) is 104 Å². The number of aliphatic hydroxyl groups excluding tert-OH is 1. The number of phenols is 2. The third-order valence-corrected chi connectivity index (χ3v) is 10.1. The third-order valence-electron chi connectivity index (χ3n) is 10.1. The van der Waals surface area contributed by atoms with Crippen LogP contribution in [0.1, 0.15) is 61.3 Å². The van der Waals surface area contributed by atoms with E-state index in [2.05, 4.69) is 39.5 Å². The number of nitrogens with one attached hydrogen (secondary N) is 2. The number of likely N-dealkylation sites (tertiary alicyclic amines) is 1. The van der Waals surface area contributed by atoms with Gasteiger partial charge in [0.1, 0.15) is 17.2 Å². The number of pyridine rings is 1. The Balaban J connectivity index is 0.893. The normalized spacial score (nSPS) is 14.2. The van der Waals surface area contributed by atoms with Gasteiger partial charge in [0, 0.05) is 30.1 Å². The molecule has 1 aliphatic heterocycles. The molecular formula is C44H51N3O7. The fraction of sp³-hybridized carbons (Fsp3) is 0.364. The van der Waals surface area contributed by atoms with Crippen molar-refractivity contribution in [1.82, 2.24) is 15.2 Å². The molecule has 1 fully saturated rings. The minimum absolute atomic E-state index is 0.0286. The van der Waals surface area contributed by atoms with E-state index in [-0.39, 0.29) is 29.4 Å². The maximum Gasteiger partial charge on any atom is 0.310 e. The van der Waals surface area contributed by atoms with Crippen LogP contribution >= 0.6 is 0 Å². The first-order chi connectivity index (χ1) is 26.3. The molecule has 284 valence electrons. The quantitative estimate of drug-likeness (QED) is 0.0482. The van der Waals surface area contributed by atoms with Crippen molar-refractivity contribution >= 4 is 16.9 Å². The number of carbonyl (C=O) groups is 1. The number of piperidine rings is 1. The topological polar surface area (TPSA) is 144 Å². The number of fused-ring (bicyclic) bond motifs is 1. The van der Waals surface area contributed by atoms with Gasteiger partial charge in [-0.2, -0.15) is 0 Å². The number of carbonyl (C=O) groups excluding carboxylic acids is 1. The summed E-state index contributed by atoms with van der Waals surface area (Å²) in [7, 11) is 0. The fourth-order valence-electron chi connectivity index (χ4n) is 7.17. The Hall–Kier alpha value is -5.16. The predicted octanol–water partition coefficient (Wildman–Crippen LogP) is 6.87. The molecule has 5 N–H and O–H groups in total. The molecule has 1 atom stereocenters. The van der Waals surface area contributed by atoms with E-state index in [0.717, 1.165) is 70.3 Å². The van der Waals surface area contributed by atoms with E-state index in [9.17, 15) is 24.9 Å². The number of esters is 1. The Bertz CT molecular complexity index is 2020. The smallest absolute Gasteiger partial charge is 0.310 e. The van der Waals surface area contributed by atoms with Crippen LogP contribution in [0, 0.1) is 5.92 Å². The fourth-order valence-corrected chi connectivity index (χ4v) is 7.17. The highest BCUT2D eigenvalue weighted by molar-refractivity contribution is 5.87. The van der Waals surface area contributed by atoms with Gasteiger partial charge in [-0.25, -0.2) is 0 Å². The average Bonchev–Trinajstić information content (AvgIpc) is 3.18. The summed E-state index contributed by atoms with van der Waals surface area (Å²) in [6.45, 7) is 5.00. The zero-order valence-corrected chi connectivity index (χ0v) is 30.7. The summed E-state index contributed by atoms with van der Waals surface area (Å²) in [4.78, 5) is 29.7. The van der Waals surface area contributed by atoms with Crippen molar-refractivity contribution < 1.29 is 29.6 Å². The van der Waals surface area contributed by atoms with Gasteiger partial charge in [-0.15, -0.1) is 0 Å². The number of aromatic nitrogens is 1. The third kappa shape index (κ3) is 10.7. The number of hydrogen-bond acceptors (Lipinski definition) is 9. The number of ether oxygens (including phenoxy) is 2. The molecule has 0 spiro atoms. The highest BCUT2D eigenvalue weighted by Crippen LogP contribution is 2.35. The van der Waals surface area contributed by atoms with Gasteiger partial charge in [0.25, 0.3) is 0 Å². The van der Waals surface area contributed by atoms with E-state index in [4.69, 9.17) is 9.47 Å². The Morgan fingerprint density at radius 1 is 0.870 bits per heavy atom. The molecule has 1 aromatic heterocycles. The number of H-pyrrole nitrogens is 1. The highest BCUT2D eigenvalue weighted by atomic mass is 16.5. The summed E-state index contributed by atoms with van der Waals surface area (Å²) in [5, 5.41) is 35.6. The second-order valence-corrected chi connectivity index (χ2v) is 14.2. The van der Waals surface area contributed by atoms with E-state index < -0.39 is 6.10 Å². The number of nitrogens with zero attached hydrogens (tertiary/aromatic N) is 1. The molecule has 0 saturated carbocycles. The number of aliphatic hydroxyl groups is 1. The zero-order chi connectivity index (χ0) is 37.7. The lowest BCUT2D eigenvalue weighted by Gasteiger charge is -2.31. The van der Waals surface area contributed by atoms with E-state index in [0.29, 0.717) is 59.0 Å². The maximum absolute atomic E-state index is 13.0. The Morgan fingerprint density at radius 3 is 2.50 bits per heavy atom. The molecule has 2 heterocycles. The molecule has 5 aromatic rings. The summed E-state index contributed by atoms with van der Waals surface area (Å²) >= 11 is 0. The number of aromatic amines is 1. The lowest BCUT2D eigenvalue weighted by Crippen LogP contribution is -2.35. The van der Waals surface area contributed by atoms with Crippen molar-refractivity contribution in [2.45, 2.75) is 57.6 Å². The van der Waals surface area contributed by atoms with Crippen molar-refractivity contribution in [3.05, 3.63) is 124 Å². The summed E-state index contributed by atoms with van der Waals surface area (Å²) < 4.78 is 11.8. The Labute approximate surface area is 316 Å². The molecule has 10 nitrogen and oxygen atoms in total. The first-order valence-corrected chi connectivity index (χ1v) is 19.0. The number of hydrogen-bond donors (Lipinski definition) is 5. The van der Waals surface area contributed by atoms with E-state index in [1.807, 2.05) is 36.4 Å². The van der Waals surface area contributed by atoms with Crippen LogP contribution in [0.15, 0.2) is 102 Å². The lowest BCUT2D eigenvalue weighted by molar-refractivity contribution is -0.144. The molecule has 0 amide bonds. The first kappa shape index (κ1) is 38.6. The summed E-state index contributed by atoms with van der Waals surface area (Å²) in [5.74, 6) is 0.834. The molecule has 0 bridgehead atoms. The maximum atomic E-state index is 13.0.